The van der Waals surface area contributed by atoms with Crippen molar-refractivity contribution >= 4 is 11.4 Å². The average Bonchev–Trinajstić information content (AvgIpc) is 2.30. The van der Waals surface area contributed by atoms with Gasteiger partial charge < -0.3 is 16.0 Å². The maximum Gasteiger partial charge on any atom is 0.265 e. The monoisotopic (exact) mass is 227 g/mol. The smallest absolute Gasteiger partial charge is 0.265 e. The van der Waals surface area contributed by atoms with E-state index < -0.39 is 6.43 Å². The van der Waals surface area contributed by atoms with E-state index in [0.29, 0.717) is 11.4 Å². The van der Waals surface area contributed by atoms with Crippen LogP contribution in [-0.4, -0.2) is 26.2 Å². The SMILES string of the molecule is Nc1ccc(N2CCNCC2)c(C(F)F)c1. The molecule has 0 aliphatic carbocycles. The number of alkyl halides is 2. The van der Waals surface area contributed by atoms with Crippen molar-refractivity contribution in [1.29, 1.82) is 0 Å². The molecule has 16 heavy (non-hydrogen) atoms. The molecule has 0 atom stereocenters. The van der Waals surface area contributed by atoms with E-state index >= 15 is 0 Å². The molecule has 0 spiro atoms. The van der Waals surface area contributed by atoms with Crippen LogP contribution in [0.5, 0.6) is 0 Å². The van der Waals surface area contributed by atoms with Crippen molar-refractivity contribution in [3.63, 3.8) is 0 Å². The zero-order valence-electron chi connectivity index (χ0n) is 8.92. The van der Waals surface area contributed by atoms with Crippen molar-refractivity contribution in [3.05, 3.63) is 23.8 Å². The summed E-state index contributed by atoms with van der Waals surface area (Å²) in [5.74, 6) is 0. The summed E-state index contributed by atoms with van der Waals surface area (Å²) >= 11 is 0. The van der Waals surface area contributed by atoms with E-state index in [-0.39, 0.29) is 5.56 Å². The summed E-state index contributed by atoms with van der Waals surface area (Å²) in [5.41, 5.74) is 6.55. The Morgan fingerprint density at radius 2 is 1.94 bits per heavy atom. The Kier molecular flexibility index (Phi) is 3.24. The largest absolute Gasteiger partial charge is 0.399 e. The molecule has 0 aromatic heterocycles. The van der Waals surface area contributed by atoms with Gasteiger partial charge in [-0.05, 0) is 18.2 Å². The summed E-state index contributed by atoms with van der Waals surface area (Å²) in [6.45, 7) is 3.16. The first-order valence-electron chi connectivity index (χ1n) is 5.31. The van der Waals surface area contributed by atoms with Gasteiger partial charge in [0.15, 0.2) is 0 Å². The number of hydrogen-bond donors (Lipinski definition) is 2. The van der Waals surface area contributed by atoms with Gasteiger partial charge in [-0.2, -0.15) is 0 Å². The van der Waals surface area contributed by atoms with Crippen molar-refractivity contribution in [2.45, 2.75) is 6.43 Å². The van der Waals surface area contributed by atoms with E-state index in [4.69, 9.17) is 5.73 Å². The van der Waals surface area contributed by atoms with Crippen LogP contribution in [0.15, 0.2) is 18.2 Å². The highest BCUT2D eigenvalue weighted by Gasteiger charge is 2.19. The van der Waals surface area contributed by atoms with E-state index in [9.17, 15) is 8.78 Å². The lowest BCUT2D eigenvalue weighted by atomic mass is 10.1. The lowest BCUT2D eigenvalue weighted by Gasteiger charge is -2.31. The Morgan fingerprint density at radius 1 is 1.25 bits per heavy atom. The van der Waals surface area contributed by atoms with Crippen LogP contribution in [-0.2, 0) is 0 Å². The van der Waals surface area contributed by atoms with Crippen LogP contribution in [0.25, 0.3) is 0 Å². The number of rotatable bonds is 2. The van der Waals surface area contributed by atoms with Crippen LogP contribution in [0.2, 0.25) is 0 Å². The van der Waals surface area contributed by atoms with E-state index in [1.54, 1.807) is 12.1 Å². The van der Waals surface area contributed by atoms with Gasteiger partial charge in [-0.1, -0.05) is 0 Å². The minimum absolute atomic E-state index is 0.0295. The number of benzene rings is 1. The lowest BCUT2D eigenvalue weighted by molar-refractivity contribution is 0.152. The van der Waals surface area contributed by atoms with Crippen molar-refractivity contribution in [2.75, 3.05) is 36.8 Å². The van der Waals surface area contributed by atoms with Gasteiger partial charge in [-0.25, -0.2) is 8.78 Å². The van der Waals surface area contributed by atoms with E-state index in [1.807, 2.05) is 4.90 Å². The summed E-state index contributed by atoms with van der Waals surface area (Å²) in [6.07, 6.45) is -2.48. The third-order valence-electron chi connectivity index (χ3n) is 2.74. The summed E-state index contributed by atoms with van der Waals surface area (Å²) < 4.78 is 25.7. The second-order valence-corrected chi connectivity index (χ2v) is 3.86. The molecule has 0 unspecified atom stereocenters. The molecule has 1 aromatic rings. The number of hydrogen-bond acceptors (Lipinski definition) is 3. The summed E-state index contributed by atoms with van der Waals surface area (Å²) in [6, 6.07) is 4.72. The van der Waals surface area contributed by atoms with Gasteiger partial charge in [0.2, 0.25) is 0 Å². The number of anilines is 2. The highest BCUT2D eigenvalue weighted by molar-refractivity contribution is 5.60. The van der Waals surface area contributed by atoms with Gasteiger partial charge in [0.05, 0.1) is 0 Å². The van der Waals surface area contributed by atoms with Gasteiger partial charge in [0.1, 0.15) is 0 Å². The van der Waals surface area contributed by atoms with Crippen LogP contribution in [0.4, 0.5) is 20.2 Å². The number of nitrogens with one attached hydrogen (secondary N) is 1. The molecule has 2 rings (SSSR count). The van der Waals surface area contributed by atoms with Crippen molar-refractivity contribution in [1.82, 2.24) is 5.32 Å². The first-order chi connectivity index (χ1) is 7.68. The van der Waals surface area contributed by atoms with Gasteiger partial charge in [0.25, 0.3) is 6.43 Å². The molecule has 1 aliphatic rings. The molecular weight excluding hydrogens is 212 g/mol. The third-order valence-corrected chi connectivity index (χ3v) is 2.74. The molecule has 0 amide bonds. The molecule has 88 valence electrons. The van der Waals surface area contributed by atoms with E-state index in [2.05, 4.69) is 5.32 Å². The Labute approximate surface area is 93.2 Å². The Hall–Kier alpha value is -1.36. The molecular formula is C11H15F2N3. The minimum atomic E-state index is -2.48. The van der Waals surface area contributed by atoms with Crippen LogP contribution in [0.1, 0.15) is 12.0 Å². The van der Waals surface area contributed by atoms with Crippen LogP contribution >= 0.6 is 0 Å². The maximum atomic E-state index is 12.9. The van der Waals surface area contributed by atoms with Crippen LogP contribution in [0, 0.1) is 0 Å². The fraction of sp³-hybridized carbons (Fsp3) is 0.455. The van der Waals surface area contributed by atoms with Gasteiger partial charge in [-0.15, -0.1) is 0 Å². The Bertz CT molecular complexity index is 362. The van der Waals surface area contributed by atoms with Gasteiger partial charge in [0, 0.05) is 43.1 Å². The molecule has 1 aromatic carbocycles. The van der Waals surface area contributed by atoms with Crippen molar-refractivity contribution < 1.29 is 8.78 Å². The molecule has 5 heteroatoms. The topological polar surface area (TPSA) is 41.3 Å². The lowest BCUT2D eigenvalue weighted by Crippen LogP contribution is -2.43. The van der Waals surface area contributed by atoms with Crippen LogP contribution < -0.4 is 16.0 Å². The van der Waals surface area contributed by atoms with Crippen molar-refractivity contribution in [2.24, 2.45) is 0 Å². The number of nitrogen functional groups attached to an aromatic ring is 1. The van der Waals surface area contributed by atoms with Crippen molar-refractivity contribution in [3.8, 4) is 0 Å². The van der Waals surface area contributed by atoms with Gasteiger partial charge >= 0.3 is 0 Å². The molecule has 0 saturated carbocycles. The highest BCUT2D eigenvalue weighted by Crippen LogP contribution is 2.31. The molecule has 1 fully saturated rings. The second kappa shape index (κ2) is 4.65. The summed E-state index contributed by atoms with van der Waals surface area (Å²) in [7, 11) is 0. The normalized spacial score (nSPS) is 16.8. The molecule has 3 N–H and O–H groups in total. The van der Waals surface area contributed by atoms with E-state index in [1.165, 1.54) is 6.07 Å². The number of nitrogens with zero attached hydrogens (tertiary/aromatic N) is 1. The molecule has 1 aliphatic heterocycles. The Balaban J connectivity index is 2.31. The fourth-order valence-corrected chi connectivity index (χ4v) is 1.94. The third kappa shape index (κ3) is 2.24. The quantitative estimate of drug-likeness (QED) is 0.754. The van der Waals surface area contributed by atoms with Gasteiger partial charge in [-0.3, -0.25) is 0 Å². The fourth-order valence-electron chi connectivity index (χ4n) is 1.94. The predicted molar refractivity (Wildman–Crippen MR) is 60.9 cm³/mol. The van der Waals surface area contributed by atoms with Crippen LogP contribution in [0.3, 0.4) is 0 Å². The molecule has 3 nitrogen and oxygen atoms in total. The first-order valence-corrected chi connectivity index (χ1v) is 5.31. The zero-order chi connectivity index (χ0) is 11.5. The predicted octanol–water partition coefficient (Wildman–Crippen LogP) is 1.62. The molecule has 1 heterocycles. The maximum absolute atomic E-state index is 12.9. The minimum Gasteiger partial charge on any atom is -0.399 e. The molecule has 1 saturated heterocycles. The second-order valence-electron chi connectivity index (χ2n) is 3.86. The molecule has 0 radical (unpaired) electrons. The average molecular weight is 227 g/mol. The van der Waals surface area contributed by atoms with E-state index in [0.717, 1.165) is 26.2 Å². The highest BCUT2D eigenvalue weighted by atomic mass is 19.3. The Morgan fingerprint density at radius 3 is 2.56 bits per heavy atom. The number of piperazine rings is 1. The molecule has 0 bridgehead atoms. The number of nitrogens with two attached hydrogens (primary N) is 1. The standard InChI is InChI=1S/C11H15F2N3/c12-11(13)9-7-8(14)1-2-10(9)16-5-3-15-4-6-16/h1-2,7,11,15H,3-6,14H2. The first kappa shape index (κ1) is 11.1. The summed E-state index contributed by atoms with van der Waals surface area (Å²) in [4.78, 5) is 1.97. The zero-order valence-corrected chi connectivity index (χ0v) is 8.92. The number of halogens is 2. The summed E-state index contributed by atoms with van der Waals surface area (Å²) in [5, 5.41) is 3.19.